The van der Waals surface area contributed by atoms with Gasteiger partial charge in [-0.2, -0.15) is 0 Å². The quantitative estimate of drug-likeness (QED) is 0.315. The maximum absolute atomic E-state index is 5.63. The van der Waals surface area contributed by atoms with E-state index in [1.807, 2.05) is 7.11 Å². The van der Waals surface area contributed by atoms with Crippen molar-refractivity contribution in [3.63, 3.8) is 0 Å². The smallest absolute Gasteiger partial charge is 0.128 e. The van der Waals surface area contributed by atoms with Gasteiger partial charge in [-0.1, -0.05) is 41.4 Å². The van der Waals surface area contributed by atoms with E-state index in [9.17, 15) is 0 Å². The molecule has 0 unspecified atom stereocenters. The van der Waals surface area contributed by atoms with Crippen molar-refractivity contribution in [2.24, 2.45) is 0 Å². The molecule has 1 aliphatic carbocycles. The van der Waals surface area contributed by atoms with E-state index in [0.717, 1.165) is 19.3 Å². The third kappa shape index (κ3) is 5.05. The van der Waals surface area contributed by atoms with Crippen LogP contribution in [0, 0.1) is 11.8 Å². The van der Waals surface area contributed by atoms with Gasteiger partial charge in [-0.25, -0.2) is 0 Å². The lowest BCUT2D eigenvalue weighted by atomic mass is 9.85. The van der Waals surface area contributed by atoms with Crippen LogP contribution in [0.3, 0.4) is 0 Å². The Morgan fingerprint density at radius 1 is 1.12 bits per heavy atom. The van der Waals surface area contributed by atoms with Crippen molar-refractivity contribution < 1.29 is 4.74 Å². The lowest BCUT2D eigenvalue weighted by molar-refractivity contribution is 0.0103. The summed E-state index contributed by atoms with van der Waals surface area (Å²) in [5, 5.41) is 0. The second-order valence-corrected chi connectivity index (χ2v) is 5.64. The van der Waals surface area contributed by atoms with Crippen LogP contribution >= 0.6 is 22.6 Å². The van der Waals surface area contributed by atoms with E-state index in [1.54, 1.807) is 0 Å². The fourth-order valence-corrected chi connectivity index (χ4v) is 2.75. The molecule has 1 fully saturated rings. The molecule has 0 heterocycles. The Morgan fingerprint density at radius 3 is 2.50 bits per heavy atom. The molecule has 0 N–H and O–H groups in total. The minimum atomic E-state index is -0.0957. The molecule has 0 spiro atoms. The van der Waals surface area contributed by atoms with E-state index in [2.05, 4.69) is 34.4 Å². The minimum Gasteiger partial charge on any atom is -0.366 e. The topological polar surface area (TPSA) is 9.23 Å². The van der Waals surface area contributed by atoms with Gasteiger partial charge in [-0.05, 0) is 43.0 Å². The maximum Gasteiger partial charge on any atom is 0.128 e. The third-order valence-corrected chi connectivity index (χ3v) is 4.07. The van der Waals surface area contributed by atoms with Crippen molar-refractivity contribution in [3.05, 3.63) is 0 Å². The first-order valence-electron chi connectivity index (χ1n) is 6.44. The largest absolute Gasteiger partial charge is 0.366 e. The number of ether oxygens (including phenoxy) is 1. The van der Waals surface area contributed by atoms with Crippen molar-refractivity contribution >= 4 is 22.6 Å². The molecule has 2 heteroatoms. The molecule has 0 aromatic heterocycles. The summed E-state index contributed by atoms with van der Waals surface area (Å²) >= 11 is 2.44. The summed E-state index contributed by atoms with van der Waals surface area (Å²) < 4.78 is 6.90. The van der Waals surface area contributed by atoms with Gasteiger partial charge in [0.15, 0.2) is 0 Å². The normalized spacial score (nSPS) is 18.9. The van der Waals surface area contributed by atoms with Crippen LogP contribution < -0.4 is 0 Å². The first-order valence-corrected chi connectivity index (χ1v) is 7.97. The summed E-state index contributed by atoms with van der Waals surface area (Å²) in [6.45, 7) is 0. The van der Waals surface area contributed by atoms with Crippen LogP contribution in [-0.2, 0) is 4.74 Å². The van der Waals surface area contributed by atoms with E-state index >= 15 is 0 Å². The second kappa shape index (κ2) is 8.36. The fourth-order valence-electron chi connectivity index (χ4n) is 2.21. The summed E-state index contributed by atoms with van der Waals surface area (Å²) in [5.74, 6) is 6.72. The highest BCUT2D eigenvalue weighted by atomic mass is 127. The van der Waals surface area contributed by atoms with Crippen molar-refractivity contribution in [2.75, 3.05) is 11.5 Å². The number of rotatable bonds is 5. The van der Waals surface area contributed by atoms with Gasteiger partial charge in [-0.15, -0.1) is 5.92 Å². The minimum absolute atomic E-state index is 0.0957. The van der Waals surface area contributed by atoms with Crippen molar-refractivity contribution in [1.82, 2.24) is 0 Å². The molecule has 16 heavy (non-hydrogen) atoms. The first kappa shape index (κ1) is 14.3. The van der Waals surface area contributed by atoms with Crippen LogP contribution in [0.5, 0.6) is 0 Å². The number of methoxy groups -OCH3 is 1. The molecular formula is C14H23IO. The maximum atomic E-state index is 5.63. The zero-order valence-electron chi connectivity index (χ0n) is 10.4. The van der Waals surface area contributed by atoms with Crippen molar-refractivity contribution in [1.29, 1.82) is 0 Å². The molecule has 1 saturated carbocycles. The van der Waals surface area contributed by atoms with Crippen LogP contribution in [-0.4, -0.2) is 17.1 Å². The Labute approximate surface area is 114 Å². The molecule has 1 aliphatic rings. The molecular weight excluding hydrogens is 311 g/mol. The fraction of sp³-hybridized carbons (Fsp3) is 0.857. The summed E-state index contributed by atoms with van der Waals surface area (Å²) in [7, 11) is 1.82. The highest BCUT2D eigenvalue weighted by Crippen LogP contribution is 2.30. The number of unbranched alkanes of at least 4 members (excludes halogenated alkanes) is 3. The van der Waals surface area contributed by atoms with Gasteiger partial charge in [0.05, 0.1) is 0 Å². The molecule has 0 bridgehead atoms. The highest BCUT2D eigenvalue weighted by molar-refractivity contribution is 14.1. The van der Waals surface area contributed by atoms with Crippen LogP contribution in [0.4, 0.5) is 0 Å². The Kier molecular flexibility index (Phi) is 7.47. The lowest BCUT2D eigenvalue weighted by Gasteiger charge is -2.30. The van der Waals surface area contributed by atoms with E-state index in [0.29, 0.717) is 0 Å². The Morgan fingerprint density at radius 2 is 1.88 bits per heavy atom. The number of hydrogen-bond donors (Lipinski definition) is 0. The molecule has 0 saturated heterocycles. The average molecular weight is 334 g/mol. The molecule has 0 amide bonds. The average Bonchev–Trinajstić information content (AvgIpc) is 2.35. The standard InChI is InChI=1S/C14H23IO/c1-16-14(11-7-5-8-12-14)10-6-3-2-4-9-13-15/h2-5,7-9,11-13H2,1H3. The number of alkyl halides is 1. The summed E-state index contributed by atoms with van der Waals surface area (Å²) in [5.41, 5.74) is -0.0957. The predicted molar refractivity (Wildman–Crippen MR) is 78.0 cm³/mol. The monoisotopic (exact) mass is 334 g/mol. The summed E-state index contributed by atoms with van der Waals surface area (Å²) in [4.78, 5) is 0. The van der Waals surface area contributed by atoms with Gasteiger partial charge >= 0.3 is 0 Å². The van der Waals surface area contributed by atoms with Gasteiger partial charge in [-0.3, -0.25) is 0 Å². The Bertz CT molecular complexity index is 233. The van der Waals surface area contributed by atoms with Gasteiger partial charge in [0, 0.05) is 13.5 Å². The summed E-state index contributed by atoms with van der Waals surface area (Å²) in [6.07, 6.45) is 11.1. The molecule has 1 nitrogen and oxygen atoms in total. The molecule has 0 aliphatic heterocycles. The molecule has 92 valence electrons. The first-order chi connectivity index (χ1) is 7.83. The van der Waals surface area contributed by atoms with E-state index in [4.69, 9.17) is 4.74 Å². The molecule has 1 rings (SSSR count). The lowest BCUT2D eigenvalue weighted by Crippen LogP contribution is -2.32. The van der Waals surface area contributed by atoms with Crippen LogP contribution in [0.15, 0.2) is 0 Å². The molecule has 0 radical (unpaired) electrons. The van der Waals surface area contributed by atoms with E-state index < -0.39 is 0 Å². The molecule has 0 aromatic rings. The third-order valence-electron chi connectivity index (χ3n) is 3.30. The van der Waals surface area contributed by atoms with Crippen LogP contribution in [0.2, 0.25) is 0 Å². The zero-order valence-corrected chi connectivity index (χ0v) is 12.5. The molecule has 0 atom stereocenters. The van der Waals surface area contributed by atoms with Crippen LogP contribution in [0.1, 0.15) is 57.8 Å². The van der Waals surface area contributed by atoms with E-state index in [1.165, 1.54) is 43.0 Å². The summed E-state index contributed by atoms with van der Waals surface area (Å²) in [6, 6.07) is 0. The van der Waals surface area contributed by atoms with Crippen molar-refractivity contribution in [2.45, 2.75) is 63.4 Å². The number of halogens is 1. The second-order valence-electron chi connectivity index (χ2n) is 4.56. The van der Waals surface area contributed by atoms with Gasteiger partial charge < -0.3 is 4.74 Å². The van der Waals surface area contributed by atoms with Gasteiger partial charge in [0.1, 0.15) is 5.60 Å². The zero-order chi connectivity index (χ0) is 11.7. The van der Waals surface area contributed by atoms with Crippen molar-refractivity contribution in [3.8, 4) is 11.8 Å². The van der Waals surface area contributed by atoms with Gasteiger partial charge in [0.25, 0.3) is 0 Å². The molecule has 0 aromatic carbocycles. The predicted octanol–water partition coefficient (Wildman–Crippen LogP) is 4.33. The highest BCUT2D eigenvalue weighted by Gasteiger charge is 2.29. The van der Waals surface area contributed by atoms with E-state index in [-0.39, 0.29) is 5.60 Å². The van der Waals surface area contributed by atoms with Gasteiger partial charge in [0.2, 0.25) is 0 Å². The Balaban J connectivity index is 2.28. The Hall–Kier alpha value is 0.250. The van der Waals surface area contributed by atoms with Crippen LogP contribution in [0.25, 0.3) is 0 Å². The number of hydrogen-bond acceptors (Lipinski definition) is 1. The SMILES string of the molecule is COC1(C#CCCCCCI)CCCCC1.